The molecule has 3 N–H and O–H groups in total. The molecule has 17 heavy (non-hydrogen) atoms. The largest absolute Gasteiger partial charge is 0.497 e. The molecule has 5 heteroatoms. The van der Waals surface area contributed by atoms with E-state index >= 15 is 0 Å². The Morgan fingerprint density at radius 2 is 2.29 bits per heavy atom. The van der Waals surface area contributed by atoms with Gasteiger partial charge in [0.05, 0.1) is 17.8 Å². The third-order valence-corrected chi connectivity index (χ3v) is 2.79. The average molecular weight is 257 g/mol. The van der Waals surface area contributed by atoms with Crippen molar-refractivity contribution in [2.45, 2.75) is 13.3 Å². The number of anilines is 1. The molecule has 4 nitrogen and oxygen atoms in total. The average Bonchev–Trinajstić information content (AvgIpc) is 2.31. The van der Waals surface area contributed by atoms with Crippen molar-refractivity contribution < 1.29 is 9.53 Å². The molecule has 1 unspecified atom stereocenters. The molecule has 1 aromatic rings. The van der Waals surface area contributed by atoms with E-state index in [4.69, 9.17) is 22.1 Å². The van der Waals surface area contributed by atoms with Gasteiger partial charge in [-0.05, 0) is 25.1 Å². The van der Waals surface area contributed by atoms with Crippen molar-refractivity contribution in [2.24, 2.45) is 11.7 Å². The monoisotopic (exact) mass is 256 g/mol. The molecule has 0 aliphatic heterocycles. The highest BCUT2D eigenvalue weighted by Crippen LogP contribution is 2.27. The van der Waals surface area contributed by atoms with Crippen LogP contribution in [-0.4, -0.2) is 19.6 Å². The molecule has 0 saturated carbocycles. The van der Waals surface area contributed by atoms with Gasteiger partial charge in [-0.3, -0.25) is 4.79 Å². The zero-order chi connectivity index (χ0) is 12.8. The second kappa shape index (κ2) is 6.47. The van der Waals surface area contributed by atoms with Gasteiger partial charge in [-0.25, -0.2) is 0 Å². The first-order valence-corrected chi connectivity index (χ1v) is 5.80. The maximum atomic E-state index is 11.8. The van der Waals surface area contributed by atoms with E-state index in [1.807, 2.05) is 6.92 Å². The van der Waals surface area contributed by atoms with E-state index in [0.717, 1.165) is 0 Å². The van der Waals surface area contributed by atoms with Gasteiger partial charge < -0.3 is 15.8 Å². The van der Waals surface area contributed by atoms with Crippen LogP contribution in [0.3, 0.4) is 0 Å². The van der Waals surface area contributed by atoms with E-state index in [1.54, 1.807) is 25.3 Å². The lowest BCUT2D eigenvalue weighted by atomic mass is 10.1. The highest BCUT2D eigenvalue weighted by Gasteiger charge is 2.13. The van der Waals surface area contributed by atoms with E-state index in [-0.39, 0.29) is 11.8 Å². The van der Waals surface area contributed by atoms with Crippen molar-refractivity contribution >= 4 is 23.2 Å². The summed E-state index contributed by atoms with van der Waals surface area (Å²) < 4.78 is 5.03. The zero-order valence-electron chi connectivity index (χ0n) is 10.00. The molecule has 1 aromatic carbocycles. The van der Waals surface area contributed by atoms with Crippen LogP contribution in [0.4, 0.5) is 5.69 Å². The van der Waals surface area contributed by atoms with E-state index < -0.39 is 0 Å². The van der Waals surface area contributed by atoms with Gasteiger partial charge in [0.1, 0.15) is 5.75 Å². The molecule has 0 saturated heterocycles. The molecule has 0 radical (unpaired) electrons. The summed E-state index contributed by atoms with van der Waals surface area (Å²) in [6.07, 6.45) is 0.652. The maximum Gasteiger partial charge on any atom is 0.227 e. The lowest BCUT2D eigenvalue weighted by Gasteiger charge is -2.12. The van der Waals surface area contributed by atoms with Crippen LogP contribution < -0.4 is 15.8 Å². The molecule has 0 spiro atoms. The maximum absolute atomic E-state index is 11.8. The Morgan fingerprint density at radius 1 is 1.59 bits per heavy atom. The quantitative estimate of drug-likeness (QED) is 0.849. The number of benzene rings is 1. The minimum absolute atomic E-state index is 0.0810. The fourth-order valence-corrected chi connectivity index (χ4v) is 1.58. The number of halogens is 1. The summed E-state index contributed by atoms with van der Waals surface area (Å²) in [5, 5.41) is 3.22. The predicted octanol–water partition coefficient (Wildman–Crippen LogP) is 2.27. The summed E-state index contributed by atoms with van der Waals surface area (Å²) in [7, 11) is 1.56. The zero-order valence-corrected chi connectivity index (χ0v) is 10.8. The van der Waals surface area contributed by atoms with Crippen molar-refractivity contribution in [3.05, 3.63) is 23.2 Å². The summed E-state index contributed by atoms with van der Waals surface area (Å²) in [5.41, 5.74) is 5.99. The topological polar surface area (TPSA) is 64.3 Å². The Bertz CT molecular complexity index is 396. The first-order valence-electron chi connectivity index (χ1n) is 5.43. The van der Waals surface area contributed by atoms with Gasteiger partial charge in [-0.2, -0.15) is 0 Å². The van der Waals surface area contributed by atoms with Gasteiger partial charge in [0.15, 0.2) is 0 Å². The molecule has 0 aliphatic carbocycles. The minimum Gasteiger partial charge on any atom is -0.497 e. The predicted molar refractivity (Wildman–Crippen MR) is 69.5 cm³/mol. The number of rotatable bonds is 5. The number of hydrogen-bond donors (Lipinski definition) is 2. The Balaban J connectivity index is 2.71. The van der Waals surface area contributed by atoms with Gasteiger partial charge >= 0.3 is 0 Å². The first kappa shape index (κ1) is 13.8. The van der Waals surface area contributed by atoms with Gasteiger partial charge in [-0.1, -0.05) is 18.5 Å². The molecular weight excluding hydrogens is 240 g/mol. The van der Waals surface area contributed by atoms with Crippen LogP contribution in [0.1, 0.15) is 13.3 Å². The van der Waals surface area contributed by atoms with Gasteiger partial charge in [0, 0.05) is 12.0 Å². The Labute approximate surface area is 106 Å². The number of amides is 1. The molecule has 0 aliphatic rings. The summed E-state index contributed by atoms with van der Waals surface area (Å²) >= 11 is 6.01. The number of nitrogens with one attached hydrogen (secondary N) is 1. The smallest absolute Gasteiger partial charge is 0.227 e. The van der Waals surface area contributed by atoms with Crippen LogP contribution in [0.2, 0.25) is 5.02 Å². The molecule has 1 amide bonds. The van der Waals surface area contributed by atoms with Crippen LogP contribution in [0.15, 0.2) is 18.2 Å². The van der Waals surface area contributed by atoms with Crippen molar-refractivity contribution in [3.63, 3.8) is 0 Å². The summed E-state index contributed by atoms with van der Waals surface area (Å²) in [4.78, 5) is 11.8. The third-order valence-electron chi connectivity index (χ3n) is 2.48. The third kappa shape index (κ3) is 3.91. The van der Waals surface area contributed by atoms with E-state index in [0.29, 0.717) is 29.4 Å². The molecule has 1 atom stereocenters. The Hall–Kier alpha value is -1.26. The Morgan fingerprint density at radius 3 is 2.82 bits per heavy atom. The van der Waals surface area contributed by atoms with Crippen molar-refractivity contribution in [2.75, 3.05) is 19.0 Å². The first-order chi connectivity index (χ1) is 8.08. The standard InChI is InChI=1S/C12H17ClN2O2/c1-8(5-6-14)12(16)15-11-4-3-9(17-2)7-10(11)13/h3-4,7-8H,5-6,14H2,1-2H3,(H,15,16). The molecule has 1 rings (SSSR count). The molecule has 0 aromatic heterocycles. The fraction of sp³-hybridized carbons (Fsp3) is 0.417. The lowest BCUT2D eigenvalue weighted by Crippen LogP contribution is -2.22. The summed E-state index contributed by atoms with van der Waals surface area (Å²) in [6, 6.07) is 5.12. The van der Waals surface area contributed by atoms with Gasteiger partial charge in [0.25, 0.3) is 0 Å². The highest BCUT2D eigenvalue weighted by molar-refractivity contribution is 6.33. The minimum atomic E-state index is -0.127. The van der Waals surface area contributed by atoms with Crippen LogP contribution in [0.25, 0.3) is 0 Å². The van der Waals surface area contributed by atoms with Crippen LogP contribution in [-0.2, 0) is 4.79 Å². The van der Waals surface area contributed by atoms with E-state index in [9.17, 15) is 4.79 Å². The second-order valence-corrected chi connectivity index (χ2v) is 4.22. The number of hydrogen-bond acceptors (Lipinski definition) is 3. The van der Waals surface area contributed by atoms with E-state index in [1.165, 1.54) is 0 Å². The van der Waals surface area contributed by atoms with E-state index in [2.05, 4.69) is 5.32 Å². The number of carbonyl (C=O) groups is 1. The molecule has 94 valence electrons. The van der Waals surface area contributed by atoms with Gasteiger partial charge in [-0.15, -0.1) is 0 Å². The molecular formula is C12H17ClN2O2. The summed E-state index contributed by atoms with van der Waals surface area (Å²) in [6.45, 7) is 2.32. The number of nitrogens with two attached hydrogens (primary N) is 1. The van der Waals surface area contributed by atoms with Crippen molar-refractivity contribution in [3.8, 4) is 5.75 Å². The van der Waals surface area contributed by atoms with Crippen LogP contribution in [0, 0.1) is 5.92 Å². The SMILES string of the molecule is COc1ccc(NC(=O)C(C)CCN)c(Cl)c1. The molecule has 0 bridgehead atoms. The van der Waals surface area contributed by atoms with Gasteiger partial charge in [0.2, 0.25) is 5.91 Å². The van der Waals surface area contributed by atoms with Crippen LogP contribution >= 0.6 is 11.6 Å². The Kier molecular flexibility index (Phi) is 5.25. The number of ether oxygens (including phenoxy) is 1. The highest BCUT2D eigenvalue weighted by atomic mass is 35.5. The summed E-state index contributed by atoms with van der Waals surface area (Å²) in [5.74, 6) is 0.448. The molecule has 0 fully saturated rings. The number of methoxy groups -OCH3 is 1. The number of carbonyl (C=O) groups excluding carboxylic acids is 1. The van der Waals surface area contributed by atoms with Crippen molar-refractivity contribution in [1.29, 1.82) is 0 Å². The fourth-order valence-electron chi connectivity index (χ4n) is 1.36. The van der Waals surface area contributed by atoms with Crippen molar-refractivity contribution in [1.82, 2.24) is 0 Å². The lowest BCUT2D eigenvalue weighted by molar-refractivity contribution is -0.119. The molecule has 0 heterocycles. The second-order valence-electron chi connectivity index (χ2n) is 3.81. The normalized spacial score (nSPS) is 12.0. The van der Waals surface area contributed by atoms with Crippen LogP contribution in [0.5, 0.6) is 5.75 Å².